The Labute approximate surface area is 91.5 Å². The fourth-order valence-corrected chi connectivity index (χ4v) is 1.02. The summed E-state index contributed by atoms with van der Waals surface area (Å²) in [4.78, 5) is 10.2. The quantitative estimate of drug-likeness (QED) is 0.330. The van der Waals surface area contributed by atoms with Gasteiger partial charge in [0, 0.05) is 12.7 Å². The van der Waals surface area contributed by atoms with Crippen molar-refractivity contribution in [3.05, 3.63) is 39.9 Å². The molecule has 0 fully saturated rings. The third kappa shape index (κ3) is 3.26. The molecular formula is C9H9N5O2. The summed E-state index contributed by atoms with van der Waals surface area (Å²) in [7, 11) is 1.50. The molecule has 0 radical (unpaired) electrons. The normalized spacial score (nSPS) is 10.4. The van der Waals surface area contributed by atoms with Crippen molar-refractivity contribution in [2.75, 3.05) is 12.4 Å². The van der Waals surface area contributed by atoms with E-state index in [0.717, 1.165) is 0 Å². The van der Waals surface area contributed by atoms with Crippen LogP contribution in [0.3, 0.4) is 0 Å². The monoisotopic (exact) mass is 219 g/mol. The molecular weight excluding hydrogens is 210 g/mol. The predicted octanol–water partition coefficient (Wildman–Crippen LogP) is 0.737. The summed E-state index contributed by atoms with van der Waals surface area (Å²) < 4.78 is 0. The van der Waals surface area contributed by atoms with Crippen molar-refractivity contribution in [1.82, 2.24) is 5.32 Å². The smallest absolute Gasteiger partial charge is 0.272 e. The molecule has 0 saturated carbocycles. The Morgan fingerprint density at radius 2 is 2.38 bits per heavy atom. The molecule has 0 aliphatic carbocycles. The van der Waals surface area contributed by atoms with Crippen molar-refractivity contribution in [2.45, 2.75) is 0 Å². The number of nitrogens with zero attached hydrogens (tertiary/aromatic N) is 3. The zero-order valence-corrected chi connectivity index (χ0v) is 8.47. The molecule has 0 aliphatic rings. The second-order valence-electron chi connectivity index (χ2n) is 2.75. The van der Waals surface area contributed by atoms with Crippen molar-refractivity contribution >= 4 is 11.6 Å². The molecule has 1 aromatic rings. The molecule has 0 bridgehead atoms. The van der Waals surface area contributed by atoms with Gasteiger partial charge in [-0.2, -0.15) is 5.26 Å². The van der Waals surface area contributed by atoms with Gasteiger partial charge in [-0.15, -0.1) is 0 Å². The first kappa shape index (κ1) is 11.5. The van der Waals surface area contributed by atoms with Gasteiger partial charge in [0.25, 0.3) is 5.96 Å². The van der Waals surface area contributed by atoms with Crippen molar-refractivity contribution < 1.29 is 5.03 Å². The van der Waals surface area contributed by atoms with E-state index in [1.54, 1.807) is 24.3 Å². The van der Waals surface area contributed by atoms with Crippen LogP contribution in [0, 0.1) is 21.4 Å². The van der Waals surface area contributed by atoms with Gasteiger partial charge in [0.05, 0.1) is 11.6 Å². The first-order valence-electron chi connectivity index (χ1n) is 4.33. The van der Waals surface area contributed by atoms with Crippen molar-refractivity contribution in [3.8, 4) is 6.07 Å². The van der Waals surface area contributed by atoms with Crippen molar-refractivity contribution in [1.29, 1.82) is 5.26 Å². The van der Waals surface area contributed by atoms with Crippen LogP contribution in [-0.2, 0) is 0 Å². The molecule has 1 rings (SSSR count). The first-order chi connectivity index (χ1) is 7.65. The summed E-state index contributed by atoms with van der Waals surface area (Å²) in [5, 5.41) is 26.3. The Balaban J connectivity index is 2.87. The SMILES string of the molecule is CN/C(=N/[N+](=O)[O-])Nc1cccc(C#N)c1. The number of nitro groups is 1. The van der Waals surface area contributed by atoms with E-state index in [2.05, 4.69) is 15.7 Å². The standard InChI is InChI=1S/C9H9N5O2/c1-11-9(13-14(15)16)12-8-4-2-3-7(5-8)6-10/h2-5H,1H3,(H2,11,12,13). The van der Waals surface area contributed by atoms with Gasteiger partial charge in [-0.3, -0.25) is 0 Å². The lowest BCUT2D eigenvalue weighted by molar-refractivity contribution is -0.485. The van der Waals surface area contributed by atoms with Gasteiger partial charge < -0.3 is 10.6 Å². The molecule has 7 nitrogen and oxygen atoms in total. The number of guanidine groups is 1. The number of anilines is 1. The minimum absolute atomic E-state index is 0.0000831. The third-order valence-electron chi connectivity index (χ3n) is 1.67. The van der Waals surface area contributed by atoms with Gasteiger partial charge in [-0.05, 0) is 18.2 Å². The summed E-state index contributed by atoms with van der Waals surface area (Å²) in [5.41, 5.74) is 1.01. The van der Waals surface area contributed by atoms with Gasteiger partial charge in [0.1, 0.15) is 5.10 Å². The highest BCUT2D eigenvalue weighted by Gasteiger charge is 2.03. The Morgan fingerprint density at radius 1 is 1.62 bits per heavy atom. The van der Waals surface area contributed by atoms with Gasteiger partial charge >= 0.3 is 0 Å². The van der Waals surface area contributed by atoms with Crippen molar-refractivity contribution in [2.24, 2.45) is 5.10 Å². The summed E-state index contributed by atoms with van der Waals surface area (Å²) in [6.45, 7) is 0. The van der Waals surface area contributed by atoms with Gasteiger partial charge in [-0.25, -0.2) is 10.1 Å². The van der Waals surface area contributed by atoms with E-state index in [0.29, 0.717) is 11.3 Å². The number of nitriles is 1. The lowest BCUT2D eigenvalue weighted by Gasteiger charge is -2.05. The molecule has 0 unspecified atom stereocenters. The number of hydrogen-bond donors (Lipinski definition) is 2. The van der Waals surface area contributed by atoms with Crippen LogP contribution in [0.5, 0.6) is 0 Å². The summed E-state index contributed by atoms with van der Waals surface area (Å²) in [5.74, 6) is 0.0000831. The minimum atomic E-state index is -0.813. The number of hydrogen-bond acceptors (Lipinski definition) is 3. The van der Waals surface area contributed by atoms with E-state index in [4.69, 9.17) is 5.26 Å². The molecule has 0 amide bonds. The number of rotatable bonds is 2. The molecule has 0 spiro atoms. The maximum atomic E-state index is 10.2. The van der Waals surface area contributed by atoms with E-state index in [9.17, 15) is 10.1 Å². The minimum Gasteiger partial charge on any atom is -0.354 e. The van der Waals surface area contributed by atoms with Crippen LogP contribution in [0.1, 0.15) is 5.56 Å². The number of nitrogens with one attached hydrogen (secondary N) is 2. The highest BCUT2D eigenvalue weighted by atomic mass is 16.7. The van der Waals surface area contributed by atoms with Gasteiger partial charge in [-0.1, -0.05) is 6.07 Å². The van der Waals surface area contributed by atoms with Crippen LogP contribution in [0.4, 0.5) is 5.69 Å². The molecule has 1 aromatic carbocycles. The van der Waals surface area contributed by atoms with E-state index in [1.165, 1.54) is 7.05 Å². The van der Waals surface area contributed by atoms with E-state index in [-0.39, 0.29) is 5.96 Å². The largest absolute Gasteiger partial charge is 0.354 e. The molecule has 0 aromatic heterocycles. The lowest BCUT2D eigenvalue weighted by Crippen LogP contribution is -2.28. The topological polar surface area (TPSA) is 103 Å². The first-order valence-corrected chi connectivity index (χ1v) is 4.33. The second kappa shape index (κ2) is 5.31. The van der Waals surface area contributed by atoms with E-state index in [1.807, 2.05) is 6.07 Å². The Bertz CT molecular complexity index is 463. The van der Waals surface area contributed by atoms with E-state index < -0.39 is 5.03 Å². The molecule has 0 atom stereocenters. The van der Waals surface area contributed by atoms with Crippen LogP contribution in [0.2, 0.25) is 0 Å². The van der Waals surface area contributed by atoms with Crippen LogP contribution in [-0.4, -0.2) is 18.0 Å². The highest BCUT2D eigenvalue weighted by molar-refractivity contribution is 5.93. The summed E-state index contributed by atoms with van der Waals surface area (Å²) in [6, 6.07) is 8.50. The molecule has 0 aliphatic heterocycles. The van der Waals surface area contributed by atoms with Crippen molar-refractivity contribution in [3.63, 3.8) is 0 Å². The van der Waals surface area contributed by atoms with E-state index >= 15 is 0 Å². The average Bonchev–Trinajstić information content (AvgIpc) is 2.28. The lowest BCUT2D eigenvalue weighted by atomic mass is 10.2. The number of hydrazone groups is 1. The zero-order chi connectivity index (χ0) is 12.0. The second-order valence-corrected chi connectivity index (χ2v) is 2.75. The summed E-state index contributed by atoms with van der Waals surface area (Å²) in [6.07, 6.45) is 0. The summed E-state index contributed by atoms with van der Waals surface area (Å²) >= 11 is 0. The Kier molecular flexibility index (Phi) is 3.80. The third-order valence-corrected chi connectivity index (χ3v) is 1.67. The fourth-order valence-electron chi connectivity index (χ4n) is 1.02. The predicted molar refractivity (Wildman–Crippen MR) is 58.3 cm³/mol. The number of benzene rings is 1. The van der Waals surface area contributed by atoms with Gasteiger partial charge in [0.2, 0.25) is 0 Å². The molecule has 0 heterocycles. The van der Waals surface area contributed by atoms with Crippen LogP contribution in [0.25, 0.3) is 0 Å². The Hall–Kier alpha value is -2.62. The average molecular weight is 219 g/mol. The molecule has 16 heavy (non-hydrogen) atoms. The highest BCUT2D eigenvalue weighted by Crippen LogP contribution is 2.09. The molecule has 7 heteroatoms. The maximum absolute atomic E-state index is 10.2. The zero-order valence-electron chi connectivity index (χ0n) is 8.47. The van der Waals surface area contributed by atoms with Gasteiger partial charge in [0.15, 0.2) is 5.03 Å². The molecule has 0 saturated heterocycles. The van der Waals surface area contributed by atoms with Crippen LogP contribution in [0.15, 0.2) is 29.4 Å². The van der Waals surface area contributed by atoms with Crippen LogP contribution < -0.4 is 10.6 Å². The Morgan fingerprint density at radius 3 is 2.94 bits per heavy atom. The maximum Gasteiger partial charge on any atom is 0.272 e. The molecule has 82 valence electrons. The fraction of sp³-hybridized carbons (Fsp3) is 0.111. The molecule has 2 N–H and O–H groups in total. The van der Waals surface area contributed by atoms with Crippen LogP contribution >= 0.6 is 0 Å².